The van der Waals surface area contributed by atoms with Crippen LogP contribution in [-0.4, -0.2) is 32.6 Å². The largest absolute Gasteiger partial charge is 0.392 e. The zero-order valence-electron chi connectivity index (χ0n) is 11.5. The minimum atomic E-state index is -0.431. The number of aliphatic hydroxyl groups is 1. The predicted octanol–water partition coefficient (Wildman–Crippen LogP) is 1.51. The van der Waals surface area contributed by atoms with Crippen molar-refractivity contribution >= 4 is 5.82 Å². The summed E-state index contributed by atoms with van der Waals surface area (Å²) in [6.07, 6.45) is 1.76. The van der Waals surface area contributed by atoms with Gasteiger partial charge in [0.15, 0.2) is 0 Å². The van der Waals surface area contributed by atoms with E-state index < -0.39 is 6.10 Å². The Morgan fingerprint density at radius 3 is 3.00 bits per heavy atom. The molecule has 0 unspecified atom stereocenters. The van der Waals surface area contributed by atoms with Crippen molar-refractivity contribution < 1.29 is 9.50 Å². The van der Waals surface area contributed by atoms with E-state index in [9.17, 15) is 9.50 Å². The number of likely N-dealkylation sites (tertiary alicyclic amines) is 1. The molecule has 0 aliphatic carbocycles. The molecule has 1 saturated heterocycles. The zero-order valence-corrected chi connectivity index (χ0v) is 11.5. The molecule has 110 valence electrons. The SMILES string of the molecule is Nc1ccnc(CN2C[C@H](O)C[C@@H]2c2cccc(F)c2)n1. The van der Waals surface area contributed by atoms with Gasteiger partial charge >= 0.3 is 0 Å². The van der Waals surface area contributed by atoms with Crippen LogP contribution in [0.25, 0.3) is 0 Å². The van der Waals surface area contributed by atoms with Crippen molar-refractivity contribution in [2.45, 2.75) is 25.1 Å². The summed E-state index contributed by atoms with van der Waals surface area (Å²) in [4.78, 5) is 10.4. The molecule has 1 aliphatic rings. The normalized spacial score (nSPS) is 22.6. The van der Waals surface area contributed by atoms with Crippen LogP contribution in [0.5, 0.6) is 0 Å². The lowest BCUT2D eigenvalue weighted by Crippen LogP contribution is -2.25. The minimum absolute atomic E-state index is 0.0410. The molecule has 6 heteroatoms. The number of β-amino-alcohol motifs (C(OH)–C–C–N with tert-alkyl or cyclic N) is 1. The molecule has 0 spiro atoms. The van der Waals surface area contributed by atoms with Crippen LogP contribution in [0.1, 0.15) is 23.9 Å². The molecule has 5 nitrogen and oxygen atoms in total. The van der Waals surface area contributed by atoms with Gasteiger partial charge < -0.3 is 10.8 Å². The second kappa shape index (κ2) is 5.75. The van der Waals surface area contributed by atoms with Gasteiger partial charge in [-0.15, -0.1) is 0 Å². The maximum atomic E-state index is 13.4. The van der Waals surface area contributed by atoms with Gasteiger partial charge in [-0.25, -0.2) is 14.4 Å². The maximum absolute atomic E-state index is 13.4. The van der Waals surface area contributed by atoms with Crippen molar-refractivity contribution in [3.8, 4) is 0 Å². The zero-order chi connectivity index (χ0) is 14.8. The summed E-state index contributed by atoms with van der Waals surface area (Å²) >= 11 is 0. The highest BCUT2D eigenvalue weighted by atomic mass is 19.1. The first-order valence-electron chi connectivity index (χ1n) is 6.87. The Labute approximate surface area is 122 Å². The molecule has 1 aliphatic heterocycles. The number of aromatic nitrogens is 2. The van der Waals surface area contributed by atoms with Gasteiger partial charge in [-0.1, -0.05) is 12.1 Å². The molecule has 2 atom stereocenters. The van der Waals surface area contributed by atoms with E-state index in [0.717, 1.165) is 5.56 Å². The maximum Gasteiger partial charge on any atom is 0.144 e. The molecule has 0 amide bonds. The fourth-order valence-electron chi connectivity index (χ4n) is 2.79. The molecule has 21 heavy (non-hydrogen) atoms. The third kappa shape index (κ3) is 3.17. The number of anilines is 1. The summed E-state index contributed by atoms with van der Waals surface area (Å²) in [6.45, 7) is 0.989. The number of halogens is 1. The molecule has 3 N–H and O–H groups in total. The van der Waals surface area contributed by atoms with Gasteiger partial charge in [0.2, 0.25) is 0 Å². The smallest absolute Gasteiger partial charge is 0.144 e. The Bertz CT molecular complexity index is 637. The molecule has 3 rings (SSSR count). The number of aliphatic hydroxyl groups excluding tert-OH is 1. The molecule has 0 saturated carbocycles. The van der Waals surface area contributed by atoms with Gasteiger partial charge in [-0.3, -0.25) is 4.90 Å². The highest BCUT2D eigenvalue weighted by Crippen LogP contribution is 2.33. The molecule has 1 fully saturated rings. The Morgan fingerprint density at radius 2 is 2.24 bits per heavy atom. The highest BCUT2D eigenvalue weighted by molar-refractivity contribution is 5.25. The molecule has 0 bridgehead atoms. The Kier molecular flexibility index (Phi) is 3.81. The number of hydrogen-bond acceptors (Lipinski definition) is 5. The highest BCUT2D eigenvalue weighted by Gasteiger charge is 2.32. The van der Waals surface area contributed by atoms with Gasteiger partial charge in [0.25, 0.3) is 0 Å². The Hall–Kier alpha value is -2.05. The van der Waals surface area contributed by atoms with E-state index in [1.165, 1.54) is 12.1 Å². The molecular weight excluding hydrogens is 271 g/mol. The van der Waals surface area contributed by atoms with Crippen LogP contribution in [0.4, 0.5) is 10.2 Å². The van der Waals surface area contributed by atoms with Crippen LogP contribution in [0.2, 0.25) is 0 Å². The third-order valence-electron chi connectivity index (χ3n) is 3.69. The van der Waals surface area contributed by atoms with E-state index in [4.69, 9.17) is 5.73 Å². The van der Waals surface area contributed by atoms with Gasteiger partial charge in [-0.2, -0.15) is 0 Å². The quantitative estimate of drug-likeness (QED) is 0.895. The van der Waals surface area contributed by atoms with Gasteiger partial charge in [0, 0.05) is 18.8 Å². The predicted molar refractivity (Wildman–Crippen MR) is 76.6 cm³/mol. The summed E-state index contributed by atoms with van der Waals surface area (Å²) < 4.78 is 13.4. The average Bonchev–Trinajstić information content (AvgIpc) is 2.79. The minimum Gasteiger partial charge on any atom is -0.392 e. The van der Waals surface area contributed by atoms with Gasteiger partial charge in [0.05, 0.1) is 12.6 Å². The summed E-state index contributed by atoms with van der Waals surface area (Å²) in [6, 6.07) is 8.08. The standard InChI is InChI=1S/C15H17FN4O/c16-11-3-1-2-10(6-11)13-7-12(21)8-20(13)9-15-18-5-4-14(17)19-15/h1-6,12-13,21H,7-9H2,(H2,17,18,19)/t12-,13-/m1/s1. The molecule has 2 heterocycles. The lowest BCUT2D eigenvalue weighted by atomic mass is 10.0. The molecule has 2 aromatic rings. The van der Waals surface area contributed by atoms with E-state index >= 15 is 0 Å². The number of nitrogens with two attached hydrogens (primary N) is 1. The van der Waals surface area contributed by atoms with Crippen molar-refractivity contribution in [2.75, 3.05) is 12.3 Å². The van der Waals surface area contributed by atoms with Crippen molar-refractivity contribution in [3.05, 3.63) is 53.7 Å². The van der Waals surface area contributed by atoms with Crippen molar-refractivity contribution in [2.24, 2.45) is 0 Å². The summed E-state index contributed by atoms with van der Waals surface area (Å²) in [5.74, 6) is 0.751. The molecular formula is C15H17FN4O. The van der Waals surface area contributed by atoms with Gasteiger partial charge in [0.1, 0.15) is 17.5 Å². The number of benzene rings is 1. The molecule has 1 aromatic carbocycles. The fourth-order valence-corrected chi connectivity index (χ4v) is 2.79. The first-order valence-corrected chi connectivity index (χ1v) is 6.87. The van der Waals surface area contributed by atoms with Gasteiger partial charge in [-0.05, 0) is 30.2 Å². The van der Waals surface area contributed by atoms with Crippen LogP contribution < -0.4 is 5.73 Å². The van der Waals surface area contributed by atoms with E-state index in [-0.39, 0.29) is 11.9 Å². The number of nitrogen functional groups attached to an aromatic ring is 1. The molecule has 0 radical (unpaired) electrons. The Balaban J connectivity index is 1.82. The first kappa shape index (κ1) is 13.9. The lowest BCUT2D eigenvalue weighted by molar-refractivity contribution is 0.171. The van der Waals surface area contributed by atoms with E-state index in [0.29, 0.717) is 31.2 Å². The monoisotopic (exact) mass is 288 g/mol. The molecule has 1 aromatic heterocycles. The summed E-state index contributed by atoms with van der Waals surface area (Å²) in [5.41, 5.74) is 6.51. The van der Waals surface area contributed by atoms with Crippen LogP contribution in [0, 0.1) is 5.82 Å². The number of nitrogens with zero attached hydrogens (tertiary/aromatic N) is 3. The van der Waals surface area contributed by atoms with E-state index in [1.807, 2.05) is 11.0 Å². The second-order valence-electron chi connectivity index (χ2n) is 5.29. The third-order valence-corrected chi connectivity index (χ3v) is 3.69. The van der Waals surface area contributed by atoms with E-state index in [1.54, 1.807) is 18.3 Å². The summed E-state index contributed by atoms with van der Waals surface area (Å²) in [5, 5.41) is 9.93. The fraction of sp³-hybridized carbons (Fsp3) is 0.333. The van der Waals surface area contributed by atoms with Crippen molar-refractivity contribution in [3.63, 3.8) is 0 Å². The average molecular weight is 288 g/mol. The van der Waals surface area contributed by atoms with Crippen molar-refractivity contribution in [1.82, 2.24) is 14.9 Å². The van der Waals surface area contributed by atoms with E-state index in [2.05, 4.69) is 9.97 Å². The lowest BCUT2D eigenvalue weighted by Gasteiger charge is -2.23. The van der Waals surface area contributed by atoms with Crippen LogP contribution in [0.15, 0.2) is 36.5 Å². The second-order valence-corrected chi connectivity index (χ2v) is 5.29. The number of hydrogen-bond donors (Lipinski definition) is 2. The van der Waals surface area contributed by atoms with Crippen LogP contribution >= 0.6 is 0 Å². The number of rotatable bonds is 3. The Morgan fingerprint density at radius 1 is 1.38 bits per heavy atom. The van der Waals surface area contributed by atoms with Crippen LogP contribution in [0.3, 0.4) is 0 Å². The van der Waals surface area contributed by atoms with Crippen LogP contribution in [-0.2, 0) is 6.54 Å². The first-order chi connectivity index (χ1) is 10.1. The summed E-state index contributed by atoms with van der Waals surface area (Å²) in [7, 11) is 0. The topological polar surface area (TPSA) is 75.3 Å². The van der Waals surface area contributed by atoms with Crippen molar-refractivity contribution in [1.29, 1.82) is 0 Å².